The van der Waals surface area contributed by atoms with Gasteiger partial charge in [-0.05, 0) is 80.3 Å². The zero-order valence-electron chi connectivity index (χ0n) is 27.7. The molecule has 0 spiro atoms. The number of hydrogen-bond acceptors (Lipinski definition) is 7. The first-order valence-electron chi connectivity index (χ1n) is 16.0. The fourth-order valence-corrected chi connectivity index (χ4v) is 7.56. The van der Waals surface area contributed by atoms with Crippen LogP contribution in [0.2, 0.25) is 10.0 Å². The number of nitrogens with one attached hydrogen (secondary N) is 1. The summed E-state index contributed by atoms with van der Waals surface area (Å²) in [4.78, 5) is 29.6. The second kappa shape index (κ2) is 17.1. The molecule has 48 heavy (non-hydrogen) atoms. The first-order chi connectivity index (χ1) is 23.0. The zero-order valence-corrected chi connectivity index (χ0v) is 30.0. The van der Waals surface area contributed by atoms with Crippen molar-refractivity contribution in [2.24, 2.45) is 0 Å². The Morgan fingerprint density at radius 1 is 0.896 bits per heavy atom. The third-order valence-electron chi connectivity index (χ3n) is 8.33. The molecule has 1 N–H and O–H groups in total. The van der Waals surface area contributed by atoms with Gasteiger partial charge in [-0.15, -0.1) is 0 Å². The number of methoxy groups -OCH3 is 2. The van der Waals surface area contributed by atoms with Crippen LogP contribution in [0.5, 0.6) is 17.2 Å². The van der Waals surface area contributed by atoms with E-state index >= 15 is 0 Å². The van der Waals surface area contributed by atoms with Crippen LogP contribution in [0.15, 0.2) is 65.6 Å². The molecule has 2 amide bonds. The molecule has 1 aliphatic carbocycles. The van der Waals surface area contributed by atoms with Gasteiger partial charge in [0, 0.05) is 18.7 Å². The number of rotatable bonds is 15. The smallest absolute Gasteiger partial charge is 0.264 e. The number of carbonyl (C=O) groups excluding carboxylic acids is 2. The van der Waals surface area contributed by atoms with Gasteiger partial charge in [-0.25, -0.2) is 8.42 Å². The first kappa shape index (κ1) is 37.2. The Morgan fingerprint density at radius 2 is 1.58 bits per heavy atom. The highest BCUT2D eigenvalue weighted by Crippen LogP contribution is 2.33. The summed E-state index contributed by atoms with van der Waals surface area (Å²) in [6.07, 6.45) is 5.23. The summed E-state index contributed by atoms with van der Waals surface area (Å²) in [5.74, 6) is 0.242. The van der Waals surface area contributed by atoms with Crippen LogP contribution in [0.1, 0.15) is 57.9 Å². The molecular formula is C35H43Cl2N3O7S. The fourth-order valence-electron chi connectivity index (χ4n) is 5.81. The van der Waals surface area contributed by atoms with E-state index in [9.17, 15) is 18.0 Å². The number of halogens is 2. The first-order valence-corrected chi connectivity index (χ1v) is 18.2. The highest BCUT2D eigenvalue weighted by atomic mass is 35.5. The Hall–Kier alpha value is -3.67. The minimum Gasteiger partial charge on any atom is -0.494 e. The minimum absolute atomic E-state index is 0.000159. The number of ether oxygens (including phenoxy) is 3. The van der Waals surface area contributed by atoms with Crippen LogP contribution in [0.4, 0.5) is 5.69 Å². The van der Waals surface area contributed by atoms with Gasteiger partial charge in [0.1, 0.15) is 18.3 Å². The minimum atomic E-state index is -4.36. The summed E-state index contributed by atoms with van der Waals surface area (Å²) in [6, 6.07) is 14.8. The second-order valence-corrected chi connectivity index (χ2v) is 14.2. The van der Waals surface area contributed by atoms with E-state index in [-0.39, 0.29) is 34.8 Å². The van der Waals surface area contributed by atoms with Crippen LogP contribution in [0.3, 0.4) is 0 Å². The van der Waals surface area contributed by atoms with Crippen LogP contribution >= 0.6 is 23.2 Å². The monoisotopic (exact) mass is 719 g/mol. The van der Waals surface area contributed by atoms with Gasteiger partial charge in [-0.1, -0.05) is 55.5 Å². The molecule has 10 nitrogen and oxygen atoms in total. The maximum Gasteiger partial charge on any atom is 0.264 e. The SMILES string of the molecule is CCOc1ccc(N(CC(=O)N(Cc2ccc(Cl)c(Cl)c2)C(CC)C(=O)NC2CCCCC2)S(=O)(=O)c2ccc(OC)c(OC)c2)cc1. The molecule has 4 rings (SSSR count). The quantitative estimate of drug-likeness (QED) is 0.183. The molecule has 1 atom stereocenters. The van der Waals surface area contributed by atoms with Gasteiger partial charge in [0.2, 0.25) is 11.8 Å². The lowest BCUT2D eigenvalue weighted by atomic mass is 9.95. The van der Waals surface area contributed by atoms with E-state index in [2.05, 4.69) is 5.32 Å². The van der Waals surface area contributed by atoms with Gasteiger partial charge >= 0.3 is 0 Å². The van der Waals surface area contributed by atoms with Crippen molar-refractivity contribution in [2.45, 2.75) is 75.9 Å². The molecule has 0 heterocycles. The number of sulfonamides is 1. The summed E-state index contributed by atoms with van der Waals surface area (Å²) in [5, 5.41) is 3.79. The number of nitrogens with zero attached hydrogens (tertiary/aromatic N) is 2. The summed E-state index contributed by atoms with van der Waals surface area (Å²) in [5.41, 5.74) is 0.868. The van der Waals surface area contributed by atoms with Crippen molar-refractivity contribution in [3.8, 4) is 17.2 Å². The lowest BCUT2D eigenvalue weighted by Crippen LogP contribution is -2.54. The summed E-state index contributed by atoms with van der Waals surface area (Å²) < 4.78 is 46.0. The molecule has 0 aliphatic heterocycles. The lowest BCUT2D eigenvalue weighted by Gasteiger charge is -2.34. The van der Waals surface area contributed by atoms with Crippen molar-refractivity contribution in [3.63, 3.8) is 0 Å². The normalized spacial score (nSPS) is 14.1. The molecule has 260 valence electrons. The van der Waals surface area contributed by atoms with Crippen molar-refractivity contribution in [3.05, 3.63) is 76.3 Å². The van der Waals surface area contributed by atoms with Crippen molar-refractivity contribution in [1.29, 1.82) is 0 Å². The van der Waals surface area contributed by atoms with Crippen molar-refractivity contribution >= 4 is 50.7 Å². The number of anilines is 1. The van der Waals surface area contributed by atoms with E-state index in [0.29, 0.717) is 40.1 Å². The second-order valence-electron chi connectivity index (χ2n) is 11.5. The van der Waals surface area contributed by atoms with Crippen molar-refractivity contribution in [2.75, 3.05) is 31.7 Å². The maximum absolute atomic E-state index is 14.5. The fraction of sp³-hybridized carbons (Fsp3) is 0.429. The Kier molecular flexibility index (Phi) is 13.3. The Labute approximate surface area is 293 Å². The van der Waals surface area contributed by atoms with Gasteiger partial charge in [0.05, 0.1) is 41.5 Å². The van der Waals surface area contributed by atoms with Gasteiger partial charge in [0.25, 0.3) is 10.0 Å². The molecule has 0 bridgehead atoms. The van der Waals surface area contributed by atoms with Crippen molar-refractivity contribution in [1.82, 2.24) is 10.2 Å². The molecule has 0 saturated heterocycles. The molecule has 0 aromatic heterocycles. The van der Waals surface area contributed by atoms with Gasteiger partial charge in [-0.2, -0.15) is 0 Å². The molecule has 13 heteroatoms. The topological polar surface area (TPSA) is 114 Å². The molecule has 3 aromatic carbocycles. The predicted octanol–water partition coefficient (Wildman–Crippen LogP) is 6.86. The third-order valence-corrected chi connectivity index (χ3v) is 10.8. The van der Waals surface area contributed by atoms with Gasteiger partial charge in [-0.3, -0.25) is 13.9 Å². The standard InChI is InChI=1S/C35H43Cl2N3O7S/c1-5-31(35(42)38-25-10-8-7-9-11-25)39(22-24-12-18-29(36)30(37)20-24)34(41)23-40(26-13-15-27(16-14-26)47-6-2)48(43,44)28-17-19-32(45-3)33(21-28)46-4/h12-21,25,31H,5-11,22-23H2,1-4H3,(H,38,42). The van der Waals surface area contributed by atoms with Crippen LogP contribution in [0, 0.1) is 0 Å². The maximum atomic E-state index is 14.5. The molecular weight excluding hydrogens is 677 g/mol. The molecule has 3 aromatic rings. The lowest BCUT2D eigenvalue weighted by molar-refractivity contribution is -0.140. The molecule has 1 saturated carbocycles. The molecule has 1 aliphatic rings. The highest BCUT2D eigenvalue weighted by Gasteiger charge is 2.35. The highest BCUT2D eigenvalue weighted by molar-refractivity contribution is 7.92. The summed E-state index contributed by atoms with van der Waals surface area (Å²) in [7, 11) is -1.49. The van der Waals surface area contributed by atoms with E-state index < -0.39 is 28.5 Å². The summed E-state index contributed by atoms with van der Waals surface area (Å²) in [6.45, 7) is 3.50. The third kappa shape index (κ3) is 9.06. The predicted molar refractivity (Wildman–Crippen MR) is 188 cm³/mol. The van der Waals surface area contributed by atoms with Crippen LogP contribution in [0.25, 0.3) is 0 Å². The van der Waals surface area contributed by atoms with E-state index in [1.165, 1.54) is 37.3 Å². The largest absolute Gasteiger partial charge is 0.494 e. The Bertz CT molecular complexity index is 1670. The van der Waals surface area contributed by atoms with Crippen LogP contribution < -0.4 is 23.8 Å². The Balaban J connectivity index is 1.76. The molecule has 1 unspecified atom stereocenters. The number of hydrogen-bond donors (Lipinski definition) is 1. The van der Waals surface area contributed by atoms with Gasteiger partial charge < -0.3 is 24.4 Å². The number of carbonyl (C=O) groups is 2. The van der Waals surface area contributed by atoms with Crippen LogP contribution in [-0.2, 0) is 26.2 Å². The van der Waals surface area contributed by atoms with E-state index in [1.807, 2.05) is 13.8 Å². The van der Waals surface area contributed by atoms with E-state index in [1.54, 1.807) is 42.5 Å². The van der Waals surface area contributed by atoms with Crippen LogP contribution in [-0.4, -0.2) is 64.6 Å². The van der Waals surface area contributed by atoms with Crippen molar-refractivity contribution < 1.29 is 32.2 Å². The molecule has 1 fully saturated rings. The average molecular weight is 721 g/mol. The van der Waals surface area contributed by atoms with E-state index in [0.717, 1.165) is 36.4 Å². The Morgan fingerprint density at radius 3 is 2.19 bits per heavy atom. The van der Waals surface area contributed by atoms with Gasteiger partial charge in [0.15, 0.2) is 11.5 Å². The zero-order chi connectivity index (χ0) is 34.8. The average Bonchev–Trinajstić information content (AvgIpc) is 3.09. The number of benzene rings is 3. The van der Waals surface area contributed by atoms with E-state index in [4.69, 9.17) is 37.4 Å². The number of amides is 2. The summed E-state index contributed by atoms with van der Waals surface area (Å²) >= 11 is 12.5. The molecule has 0 radical (unpaired) electrons.